The Morgan fingerprint density at radius 3 is 2.08 bits per heavy atom. The molecule has 0 fully saturated rings. The summed E-state index contributed by atoms with van der Waals surface area (Å²) in [6.07, 6.45) is 0. The molecule has 0 bridgehead atoms. The third-order valence-corrected chi connectivity index (χ3v) is 3.64. The van der Waals surface area contributed by atoms with Crippen molar-refractivity contribution in [1.29, 1.82) is 0 Å². The van der Waals surface area contributed by atoms with Crippen LogP contribution in [0.5, 0.6) is 11.5 Å². The zero-order chi connectivity index (χ0) is 18.7. The summed E-state index contributed by atoms with van der Waals surface area (Å²) in [6.45, 7) is 0. The Hall–Kier alpha value is -2.85. The van der Waals surface area contributed by atoms with Crippen molar-refractivity contribution in [3.63, 3.8) is 0 Å². The average molecular weight is 372 g/mol. The van der Waals surface area contributed by atoms with Gasteiger partial charge < -0.3 is 9.47 Å². The first-order valence-corrected chi connectivity index (χ1v) is 8.00. The Morgan fingerprint density at radius 2 is 1.48 bits per heavy atom. The van der Waals surface area contributed by atoms with Crippen LogP contribution >= 0.6 is 0 Å². The number of hydrogen-bond acceptors (Lipinski definition) is 6. The second kappa shape index (κ2) is 6.95. The van der Waals surface area contributed by atoms with E-state index in [4.69, 9.17) is 9.29 Å². The van der Waals surface area contributed by atoms with Crippen LogP contribution in [0.2, 0.25) is 0 Å². The van der Waals surface area contributed by atoms with E-state index in [2.05, 4.69) is 4.74 Å². The number of ether oxygens (including phenoxy) is 2. The van der Waals surface area contributed by atoms with Crippen molar-refractivity contribution in [1.82, 2.24) is 0 Å². The van der Waals surface area contributed by atoms with Gasteiger partial charge in [-0.05, 0) is 24.3 Å². The molecule has 0 unspecified atom stereocenters. The first-order chi connectivity index (χ1) is 11.6. The molecule has 0 heterocycles. The van der Waals surface area contributed by atoms with E-state index in [1.165, 1.54) is 24.3 Å². The fourth-order valence-electron chi connectivity index (χ4n) is 1.64. The number of para-hydroxylation sites is 2. The summed E-state index contributed by atoms with van der Waals surface area (Å²) in [7, 11) is -6.03. The highest BCUT2D eigenvalue weighted by Gasteiger charge is 2.54. The minimum Gasteiger partial charge on any atom is -0.423 e. The van der Waals surface area contributed by atoms with Crippen LogP contribution in [0.15, 0.2) is 54.6 Å². The van der Waals surface area contributed by atoms with Gasteiger partial charge in [-0.3, -0.25) is 4.55 Å². The van der Waals surface area contributed by atoms with Gasteiger partial charge in [0.05, 0.1) is 0 Å². The molecule has 0 atom stereocenters. The van der Waals surface area contributed by atoms with E-state index >= 15 is 0 Å². The third-order valence-electron chi connectivity index (χ3n) is 2.82. The molecule has 2 aromatic rings. The maximum atomic E-state index is 13.3. The van der Waals surface area contributed by atoms with Crippen LogP contribution in [0.4, 0.5) is 8.78 Å². The summed E-state index contributed by atoms with van der Waals surface area (Å²) in [5.41, 5.74) is -0.397. The Kier molecular flexibility index (Phi) is 5.14. The zero-order valence-corrected chi connectivity index (χ0v) is 13.1. The topological polar surface area (TPSA) is 107 Å². The van der Waals surface area contributed by atoms with Crippen molar-refractivity contribution in [2.24, 2.45) is 0 Å². The highest BCUT2D eigenvalue weighted by molar-refractivity contribution is 7.87. The molecular weight excluding hydrogens is 362 g/mol. The molecule has 2 aromatic carbocycles. The molecule has 0 saturated heterocycles. The Labute approximate surface area is 140 Å². The van der Waals surface area contributed by atoms with Gasteiger partial charge in [0, 0.05) is 0 Å². The standard InChI is InChI=1S/C15H10F2O7S/c16-15(17,25(20,21)22)14(19)24-12-9-5-4-8-11(12)13(18)23-10-6-2-1-3-7-10/h1-9H,(H,20,21,22). The maximum absolute atomic E-state index is 13.3. The van der Waals surface area contributed by atoms with E-state index in [9.17, 15) is 26.8 Å². The van der Waals surface area contributed by atoms with Crippen LogP contribution < -0.4 is 9.47 Å². The van der Waals surface area contributed by atoms with Gasteiger partial charge in [0.2, 0.25) is 0 Å². The number of benzene rings is 2. The summed E-state index contributed by atoms with van der Waals surface area (Å²) in [5, 5.41) is -5.19. The van der Waals surface area contributed by atoms with Crippen LogP contribution in [0.3, 0.4) is 0 Å². The van der Waals surface area contributed by atoms with E-state index in [0.717, 1.165) is 12.1 Å². The lowest BCUT2D eigenvalue weighted by Crippen LogP contribution is -2.40. The van der Waals surface area contributed by atoms with Crippen LogP contribution in [-0.4, -0.2) is 30.2 Å². The number of esters is 2. The number of halogens is 2. The molecule has 10 heteroatoms. The molecule has 0 amide bonds. The third kappa shape index (κ3) is 4.17. The van der Waals surface area contributed by atoms with Crippen molar-refractivity contribution in [3.05, 3.63) is 60.2 Å². The van der Waals surface area contributed by atoms with E-state index < -0.39 is 38.6 Å². The van der Waals surface area contributed by atoms with Gasteiger partial charge in [-0.1, -0.05) is 30.3 Å². The molecule has 0 aliphatic rings. The summed E-state index contributed by atoms with van der Waals surface area (Å²) in [5.74, 6) is -4.09. The zero-order valence-electron chi connectivity index (χ0n) is 12.3. The number of rotatable bonds is 5. The lowest BCUT2D eigenvalue weighted by Gasteiger charge is -2.13. The molecule has 132 valence electrons. The summed E-state index contributed by atoms with van der Waals surface area (Å²) in [4.78, 5) is 23.4. The molecule has 0 aliphatic carbocycles. The van der Waals surface area contributed by atoms with E-state index in [0.29, 0.717) is 0 Å². The molecule has 0 aromatic heterocycles. The minimum absolute atomic E-state index is 0.150. The SMILES string of the molecule is O=C(Oc1ccccc1)c1ccccc1OC(=O)C(F)(F)S(=O)(=O)O. The predicted octanol–water partition coefficient (Wildman–Crippen LogP) is 2.29. The Morgan fingerprint density at radius 1 is 0.920 bits per heavy atom. The van der Waals surface area contributed by atoms with Gasteiger partial charge in [-0.25, -0.2) is 9.59 Å². The highest BCUT2D eigenvalue weighted by atomic mass is 32.2. The average Bonchev–Trinajstić information content (AvgIpc) is 2.55. The first kappa shape index (κ1) is 18.5. The number of carbonyl (C=O) groups is 2. The molecule has 0 aliphatic heterocycles. The predicted molar refractivity (Wildman–Crippen MR) is 80.0 cm³/mol. The van der Waals surface area contributed by atoms with Gasteiger partial charge >= 0.3 is 27.3 Å². The Bertz CT molecular complexity index is 895. The number of alkyl halides is 2. The maximum Gasteiger partial charge on any atom is 0.466 e. The number of carbonyl (C=O) groups excluding carboxylic acids is 2. The number of hydrogen-bond donors (Lipinski definition) is 1. The molecule has 2 rings (SSSR count). The largest absolute Gasteiger partial charge is 0.466 e. The first-order valence-electron chi connectivity index (χ1n) is 6.56. The van der Waals surface area contributed by atoms with Crippen LogP contribution in [0, 0.1) is 0 Å². The van der Waals surface area contributed by atoms with Crippen molar-refractivity contribution in [2.45, 2.75) is 5.25 Å². The minimum atomic E-state index is -6.03. The van der Waals surface area contributed by atoms with Crippen molar-refractivity contribution in [2.75, 3.05) is 0 Å². The van der Waals surface area contributed by atoms with Gasteiger partial charge in [0.1, 0.15) is 17.1 Å². The van der Waals surface area contributed by atoms with Gasteiger partial charge in [-0.2, -0.15) is 17.2 Å². The Balaban J connectivity index is 2.26. The quantitative estimate of drug-likeness (QED) is 0.487. The van der Waals surface area contributed by atoms with Crippen molar-refractivity contribution in [3.8, 4) is 11.5 Å². The van der Waals surface area contributed by atoms with Crippen molar-refractivity contribution < 1.29 is 40.8 Å². The normalized spacial score (nSPS) is 11.6. The molecule has 0 saturated carbocycles. The van der Waals surface area contributed by atoms with E-state index in [-0.39, 0.29) is 5.75 Å². The summed E-state index contributed by atoms with van der Waals surface area (Å²) < 4.78 is 65.3. The fraction of sp³-hybridized carbons (Fsp3) is 0.0667. The second-order valence-corrected chi connectivity index (χ2v) is 6.04. The van der Waals surface area contributed by atoms with Gasteiger partial charge in [0.25, 0.3) is 0 Å². The van der Waals surface area contributed by atoms with Gasteiger partial charge in [0.15, 0.2) is 0 Å². The molecule has 0 radical (unpaired) electrons. The lowest BCUT2D eigenvalue weighted by atomic mass is 10.2. The monoisotopic (exact) mass is 372 g/mol. The second-order valence-electron chi connectivity index (χ2n) is 4.58. The van der Waals surface area contributed by atoms with Crippen LogP contribution in [-0.2, 0) is 14.9 Å². The van der Waals surface area contributed by atoms with Crippen molar-refractivity contribution >= 4 is 22.1 Å². The van der Waals surface area contributed by atoms with Crippen LogP contribution in [0.1, 0.15) is 10.4 Å². The molecule has 1 N–H and O–H groups in total. The molecule has 7 nitrogen and oxygen atoms in total. The van der Waals surface area contributed by atoms with E-state index in [1.807, 2.05) is 0 Å². The van der Waals surface area contributed by atoms with Gasteiger partial charge in [-0.15, -0.1) is 0 Å². The fourth-order valence-corrected chi connectivity index (χ4v) is 1.89. The van der Waals surface area contributed by atoms with Crippen LogP contribution in [0.25, 0.3) is 0 Å². The smallest absolute Gasteiger partial charge is 0.423 e. The highest BCUT2D eigenvalue weighted by Crippen LogP contribution is 2.26. The summed E-state index contributed by atoms with van der Waals surface area (Å²) >= 11 is 0. The molecular formula is C15H10F2O7S. The lowest BCUT2D eigenvalue weighted by molar-refractivity contribution is -0.151. The molecule has 0 spiro atoms. The van der Waals surface area contributed by atoms with E-state index in [1.54, 1.807) is 18.2 Å². The summed E-state index contributed by atoms with van der Waals surface area (Å²) in [6, 6.07) is 12.5. The molecule has 25 heavy (non-hydrogen) atoms.